The number of amides is 3. The van der Waals surface area contributed by atoms with Gasteiger partial charge < -0.3 is 61.0 Å². The number of piperazine rings is 2. The lowest BCUT2D eigenvalue weighted by atomic mass is 10.2. The molecule has 6 N–H and O–H groups in total. The summed E-state index contributed by atoms with van der Waals surface area (Å²) in [5.74, 6) is -1.06. The quantitative estimate of drug-likeness (QED) is 0.0413. The second-order valence-corrected chi connectivity index (χ2v) is 16.9. The van der Waals surface area contributed by atoms with Crippen molar-refractivity contribution in [2.45, 2.75) is 19.3 Å². The molecule has 8 rings (SSSR count). The number of nitrogens with zero attached hydrogens (tertiary/aromatic N) is 12. The van der Waals surface area contributed by atoms with E-state index in [4.69, 9.17) is 9.47 Å². The monoisotopic (exact) mass is 1090 g/mol. The van der Waals surface area contributed by atoms with E-state index in [2.05, 4.69) is 89.8 Å². The Kier molecular flexibility index (Phi) is 18.0. The van der Waals surface area contributed by atoms with Crippen LogP contribution in [0.2, 0.25) is 0 Å². The Morgan fingerprint density at radius 2 is 0.962 bits per heavy atom. The highest BCUT2D eigenvalue weighted by Crippen LogP contribution is 2.38. The molecule has 0 saturated carbocycles. The predicted octanol–water partition coefficient (Wildman–Crippen LogP) is 7.23. The molecule has 2 fully saturated rings. The lowest BCUT2D eigenvalue weighted by Gasteiger charge is -2.34. The Balaban J connectivity index is 0.000000226. The van der Waals surface area contributed by atoms with Crippen LogP contribution in [-0.4, -0.2) is 141 Å². The van der Waals surface area contributed by atoms with Crippen LogP contribution in [0, 0.1) is 0 Å². The van der Waals surface area contributed by atoms with Gasteiger partial charge in [-0.1, -0.05) is 25.3 Å². The zero-order chi connectivity index (χ0) is 56.1. The average molecular weight is 1090 g/mol. The molecule has 2 aliphatic heterocycles. The molecule has 4 aromatic heterocycles. The fraction of sp³-hybridized carbons (Fsp3) is 0.286. The summed E-state index contributed by atoms with van der Waals surface area (Å²) < 4.78 is 93.1. The third-order valence-electron chi connectivity index (χ3n) is 11.5. The van der Waals surface area contributed by atoms with Gasteiger partial charge in [0.25, 0.3) is 0 Å². The SMILES string of the molecule is C=CC(=O)Nc1cccc(Nc2nc(Nc3cnc(N4CCN(C(C)=O)CC4)nc3OC)ncc2C(F)(F)F)c1.C=CC(=O)Nc1cccc(Nc2nc(Nc3cnc(N4CCN(C)CC4)nc3OC)ncc2C(F)(F)F)c1. The van der Waals surface area contributed by atoms with Crippen LogP contribution in [0.4, 0.5) is 95.9 Å². The molecule has 3 amide bonds. The van der Waals surface area contributed by atoms with E-state index in [0.29, 0.717) is 61.8 Å². The maximum Gasteiger partial charge on any atom is 0.421 e. The lowest BCUT2D eigenvalue weighted by molar-refractivity contribution is -0.138. The molecule has 2 saturated heterocycles. The number of hydrogen-bond donors (Lipinski definition) is 6. The first-order valence-corrected chi connectivity index (χ1v) is 23.5. The van der Waals surface area contributed by atoms with E-state index < -0.39 is 46.9 Å². The first-order chi connectivity index (χ1) is 37.2. The Morgan fingerprint density at radius 1 is 0.564 bits per heavy atom. The average Bonchev–Trinajstić information content (AvgIpc) is 3.46. The van der Waals surface area contributed by atoms with Gasteiger partial charge >= 0.3 is 12.4 Å². The van der Waals surface area contributed by atoms with Crippen molar-refractivity contribution in [2.24, 2.45) is 0 Å². The van der Waals surface area contributed by atoms with Gasteiger partial charge in [-0.2, -0.15) is 46.3 Å². The molecule has 0 atom stereocenters. The number of anilines is 12. The van der Waals surface area contributed by atoms with Crippen LogP contribution in [0.1, 0.15) is 18.1 Å². The standard InChI is InChI=1S/C25H26F3N9O3.C24H26F3N9O2/c1-4-20(39)31-16-6-5-7-17(12-16)32-21-18(25(26,27)28)13-29-23(34-21)33-19-14-30-24(35-22(19)40-3)37-10-8-36(9-11-37)15(2)38;1-4-19(37)30-15-6-5-7-16(12-15)31-20-17(24(25,26)27)13-28-22(33-20)32-18-14-29-23(34-21(18)38-3)36-10-8-35(2)9-11-36/h4-7,12-14H,1,8-11H2,2-3H3,(H,31,39)(H2,29,32,33,34);4-7,12-14H,1,8-11H2,2-3H3,(H,30,37)(H2,28,31,32,33). The number of carbonyl (C=O) groups is 3. The number of methoxy groups -OCH3 is 2. The normalized spacial score (nSPS) is 13.7. The van der Waals surface area contributed by atoms with Crippen LogP contribution < -0.4 is 51.2 Å². The van der Waals surface area contributed by atoms with Crippen LogP contribution in [0.5, 0.6) is 11.8 Å². The molecule has 6 aromatic rings. The molecule has 23 nitrogen and oxygen atoms in total. The minimum Gasteiger partial charge on any atom is -0.479 e. The van der Waals surface area contributed by atoms with Crippen molar-refractivity contribution in [3.63, 3.8) is 0 Å². The number of halogens is 6. The van der Waals surface area contributed by atoms with Gasteiger partial charge in [0.05, 0.1) is 26.6 Å². The van der Waals surface area contributed by atoms with E-state index in [-0.39, 0.29) is 52.3 Å². The van der Waals surface area contributed by atoms with Gasteiger partial charge in [0, 0.05) is 94.4 Å². The summed E-state index contributed by atoms with van der Waals surface area (Å²) in [5.41, 5.74) is -0.437. The number of alkyl halides is 6. The molecule has 0 aliphatic carbocycles. The Bertz CT molecular complexity index is 3130. The molecule has 2 aromatic carbocycles. The van der Waals surface area contributed by atoms with Crippen molar-refractivity contribution >= 4 is 87.3 Å². The van der Waals surface area contributed by atoms with Gasteiger partial charge in [-0.15, -0.1) is 0 Å². The molecular weight excluding hydrogens is 1030 g/mol. The van der Waals surface area contributed by atoms with Crippen molar-refractivity contribution in [2.75, 3.05) is 115 Å². The van der Waals surface area contributed by atoms with E-state index in [9.17, 15) is 40.7 Å². The van der Waals surface area contributed by atoms with Gasteiger partial charge in [0.1, 0.15) is 34.1 Å². The first kappa shape index (κ1) is 56.3. The number of likely N-dealkylation sites (N-methyl/N-ethyl adjacent to an activating group) is 1. The number of rotatable bonds is 16. The molecular formula is C49H52F6N18O5. The highest BCUT2D eigenvalue weighted by Gasteiger charge is 2.37. The summed E-state index contributed by atoms with van der Waals surface area (Å²) in [6.45, 7) is 13.6. The summed E-state index contributed by atoms with van der Waals surface area (Å²) in [6.07, 6.45) is -3.10. The Hall–Kier alpha value is -9.41. The van der Waals surface area contributed by atoms with Gasteiger partial charge in [-0.3, -0.25) is 14.4 Å². The van der Waals surface area contributed by atoms with Crippen molar-refractivity contribution in [1.82, 2.24) is 49.7 Å². The molecule has 6 heterocycles. The van der Waals surface area contributed by atoms with E-state index in [1.165, 1.54) is 57.8 Å². The fourth-order valence-corrected chi connectivity index (χ4v) is 7.47. The van der Waals surface area contributed by atoms with Crippen LogP contribution >= 0.6 is 0 Å². The summed E-state index contributed by atoms with van der Waals surface area (Å²) in [7, 11) is 4.86. The largest absolute Gasteiger partial charge is 0.479 e. The molecule has 2 aliphatic rings. The second kappa shape index (κ2) is 25.0. The van der Waals surface area contributed by atoms with Crippen molar-refractivity contribution in [3.05, 3.63) is 110 Å². The van der Waals surface area contributed by atoms with Gasteiger partial charge in [-0.05, 0) is 55.6 Å². The van der Waals surface area contributed by atoms with Crippen molar-refractivity contribution < 1.29 is 50.2 Å². The van der Waals surface area contributed by atoms with E-state index in [1.54, 1.807) is 29.2 Å². The van der Waals surface area contributed by atoms with E-state index in [0.717, 1.165) is 38.3 Å². The third kappa shape index (κ3) is 14.9. The summed E-state index contributed by atoms with van der Waals surface area (Å²) in [5, 5.41) is 16.0. The van der Waals surface area contributed by atoms with E-state index >= 15 is 0 Å². The maximum atomic E-state index is 13.7. The zero-order valence-electron chi connectivity index (χ0n) is 42.3. The highest BCUT2D eigenvalue weighted by atomic mass is 19.4. The molecule has 0 spiro atoms. The molecule has 0 bridgehead atoms. The number of carbonyl (C=O) groups excluding carboxylic acids is 3. The summed E-state index contributed by atoms with van der Waals surface area (Å²) in [4.78, 5) is 75.9. The zero-order valence-corrected chi connectivity index (χ0v) is 42.3. The van der Waals surface area contributed by atoms with E-state index in [1.807, 2.05) is 16.8 Å². The molecule has 78 heavy (non-hydrogen) atoms. The maximum absolute atomic E-state index is 13.7. The predicted molar refractivity (Wildman–Crippen MR) is 279 cm³/mol. The second-order valence-electron chi connectivity index (χ2n) is 16.9. The Labute approximate surface area is 442 Å². The Morgan fingerprint density at radius 3 is 1.33 bits per heavy atom. The molecule has 410 valence electrons. The first-order valence-electron chi connectivity index (χ1n) is 23.5. The van der Waals surface area contributed by atoms with Gasteiger partial charge in [-0.25, -0.2) is 19.9 Å². The number of aromatic nitrogens is 8. The summed E-state index contributed by atoms with van der Waals surface area (Å²) >= 11 is 0. The number of ether oxygens (including phenoxy) is 2. The molecule has 29 heteroatoms. The smallest absolute Gasteiger partial charge is 0.421 e. The fourth-order valence-electron chi connectivity index (χ4n) is 7.47. The molecule has 0 radical (unpaired) electrons. The van der Waals surface area contributed by atoms with Crippen LogP contribution in [0.25, 0.3) is 0 Å². The minimum absolute atomic E-state index is 0.00438. The number of benzene rings is 2. The van der Waals surface area contributed by atoms with Crippen molar-refractivity contribution in [1.29, 1.82) is 0 Å². The van der Waals surface area contributed by atoms with Crippen LogP contribution in [-0.2, 0) is 26.7 Å². The van der Waals surface area contributed by atoms with Crippen LogP contribution in [0.3, 0.4) is 0 Å². The lowest BCUT2D eigenvalue weighted by Crippen LogP contribution is -2.48. The number of hydrogen-bond acceptors (Lipinski definition) is 20. The van der Waals surface area contributed by atoms with Crippen LogP contribution in [0.15, 0.2) is 98.6 Å². The minimum atomic E-state index is -4.75. The number of nitrogens with one attached hydrogen (secondary N) is 6. The summed E-state index contributed by atoms with van der Waals surface area (Å²) in [6, 6.07) is 12.2. The van der Waals surface area contributed by atoms with Gasteiger partial charge in [0.2, 0.25) is 53.3 Å². The highest BCUT2D eigenvalue weighted by molar-refractivity contribution is 5.99. The van der Waals surface area contributed by atoms with Gasteiger partial charge in [0.15, 0.2) is 0 Å². The topological polar surface area (TPSA) is 258 Å². The third-order valence-corrected chi connectivity index (χ3v) is 11.5. The van der Waals surface area contributed by atoms with Crippen molar-refractivity contribution in [3.8, 4) is 11.8 Å². The molecule has 0 unspecified atom stereocenters.